The quantitative estimate of drug-likeness (QED) is 0.642. The molecule has 0 bridgehead atoms. The lowest BCUT2D eigenvalue weighted by Gasteiger charge is -2.24. The van der Waals surface area contributed by atoms with Gasteiger partial charge in [0.2, 0.25) is 0 Å². The van der Waals surface area contributed by atoms with Crippen molar-refractivity contribution in [1.29, 1.82) is 0 Å². The van der Waals surface area contributed by atoms with Gasteiger partial charge in [-0.25, -0.2) is 0 Å². The van der Waals surface area contributed by atoms with E-state index in [4.69, 9.17) is 9.15 Å². The van der Waals surface area contributed by atoms with Gasteiger partial charge in [-0.2, -0.15) is 0 Å². The second-order valence-corrected chi connectivity index (χ2v) is 6.84. The number of benzene rings is 2. The first-order valence-corrected chi connectivity index (χ1v) is 9.37. The zero-order chi connectivity index (χ0) is 18.5. The third kappa shape index (κ3) is 4.29. The average molecular weight is 361 g/mol. The minimum atomic E-state index is -0.330. The molecule has 0 aliphatic carbocycles. The Morgan fingerprint density at radius 1 is 0.926 bits per heavy atom. The molecule has 138 valence electrons. The smallest absolute Gasteiger partial charge is 0.252 e. The van der Waals surface area contributed by atoms with E-state index in [0.717, 1.165) is 24.2 Å². The Labute approximate surface area is 159 Å². The molecule has 1 fully saturated rings. The molecule has 0 spiro atoms. The Bertz CT molecular complexity index is 850. The number of rotatable bonds is 6. The first-order chi connectivity index (χ1) is 13.3. The van der Waals surface area contributed by atoms with Gasteiger partial charge >= 0.3 is 0 Å². The van der Waals surface area contributed by atoms with Crippen molar-refractivity contribution in [3.05, 3.63) is 84.3 Å². The molecule has 1 aliphatic heterocycles. The van der Waals surface area contributed by atoms with Gasteiger partial charge in [-0.1, -0.05) is 54.6 Å². The summed E-state index contributed by atoms with van der Waals surface area (Å²) in [6, 6.07) is 22.4. The fourth-order valence-electron chi connectivity index (χ4n) is 3.43. The molecule has 1 aliphatic rings. The second kappa shape index (κ2) is 8.23. The van der Waals surface area contributed by atoms with Gasteiger partial charge in [0.15, 0.2) is 0 Å². The maximum absolute atomic E-state index is 12.9. The van der Waals surface area contributed by atoms with Crippen LogP contribution in [0, 0.1) is 0 Å². The first kappa shape index (κ1) is 17.6. The summed E-state index contributed by atoms with van der Waals surface area (Å²) in [6.45, 7) is 1.65. The number of hydrogen-bond acceptors (Lipinski definition) is 3. The van der Waals surface area contributed by atoms with Crippen LogP contribution in [0.2, 0.25) is 0 Å². The third-order valence-electron chi connectivity index (χ3n) is 4.88. The molecule has 1 atom stereocenters. The summed E-state index contributed by atoms with van der Waals surface area (Å²) in [5.74, 6) is 0.818. The molecule has 2 heterocycles. The Kier molecular flexibility index (Phi) is 5.35. The van der Waals surface area contributed by atoms with Crippen LogP contribution in [0.25, 0.3) is 11.1 Å². The van der Waals surface area contributed by atoms with E-state index in [2.05, 4.69) is 36.4 Å². The standard InChI is InChI=1S/C23H23NO3/c25-23(22-9-5-15-27-22)24(17-21-8-4-14-26-21)16-18-10-12-20(13-11-18)19-6-2-1-3-7-19/h1-4,6-8,10-14,22H,5,9,15-17H2. The van der Waals surface area contributed by atoms with E-state index in [-0.39, 0.29) is 12.0 Å². The number of nitrogens with zero attached hydrogens (tertiary/aromatic N) is 1. The number of furan rings is 1. The van der Waals surface area contributed by atoms with Crippen molar-refractivity contribution < 1.29 is 13.9 Å². The van der Waals surface area contributed by atoms with Crippen molar-refractivity contribution in [2.75, 3.05) is 6.61 Å². The lowest BCUT2D eigenvalue weighted by Crippen LogP contribution is -2.38. The molecule has 4 heteroatoms. The number of carbonyl (C=O) groups is 1. The molecule has 1 saturated heterocycles. The largest absolute Gasteiger partial charge is 0.467 e. The van der Waals surface area contributed by atoms with Gasteiger partial charge in [0, 0.05) is 13.2 Å². The summed E-state index contributed by atoms with van der Waals surface area (Å²) in [5.41, 5.74) is 3.45. The molecule has 0 radical (unpaired) electrons. The summed E-state index contributed by atoms with van der Waals surface area (Å²) in [4.78, 5) is 14.7. The first-order valence-electron chi connectivity index (χ1n) is 9.37. The van der Waals surface area contributed by atoms with Crippen LogP contribution < -0.4 is 0 Å². The van der Waals surface area contributed by atoms with Gasteiger partial charge in [-0.15, -0.1) is 0 Å². The van der Waals surface area contributed by atoms with Gasteiger partial charge in [0.25, 0.3) is 5.91 Å². The maximum atomic E-state index is 12.9. The Balaban J connectivity index is 1.51. The van der Waals surface area contributed by atoms with Crippen LogP contribution in [0.3, 0.4) is 0 Å². The predicted molar refractivity (Wildman–Crippen MR) is 104 cm³/mol. The highest BCUT2D eigenvalue weighted by Gasteiger charge is 2.28. The molecular weight excluding hydrogens is 338 g/mol. The summed E-state index contributed by atoms with van der Waals surface area (Å²) < 4.78 is 11.1. The Hall–Kier alpha value is -2.85. The van der Waals surface area contributed by atoms with Gasteiger partial charge in [0.05, 0.1) is 12.8 Å². The van der Waals surface area contributed by atoms with Crippen LogP contribution in [-0.4, -0.2) is 23.5 Å². The molecule has 4 nitrogen and oxygen atoms in total. The van der Waals surface area contributed by atoms with E-state index in [1.165, 1.54) is 11.1 Å². The van der Waals surface area contributed by atoms with E-state index in [1.54, 1.807) is 6.26 Å². The number of amides is 1. The molecule has 0 N–H and O–H groups in total. The normalized spacial score (nSPS) is 16.4. The summed E-state index contributed by atoms with van der Waals surface area (Å²) in [6.07, 6.45) is 3.04. The van der Waals surface area contributed by atoms with Crippen LogP contribution >= 0.6 is 0 Å². The highest BCUT2D eigenvalue weighted by molar-refractivity contribution is 5.81. The van der Waals surface area contributed by atoms with E-state index < -0.39 is 0 Å². The van der Waals surface area contributed by atoms with Crippen molar-refractivity contribution in [2.45, 2.75) is 32.0 Å². The van der Waals surface area contributed by atoms with Crippen LogP contribution in [0.4, 0.5) is 0 Å². The predicted octanol–water partition coefficient (Wildman–Crippen LogP) is 4.65. The van der Waals surface area contributed by atoms with Crippen LogP contribution in [0.5, 0.6) is 0 Å². The summed E-state index contributed by atoms with van der Waals surface area (Å²) >= 11 is 0. The molecule has 2 aromatic carbocycles. The van der Waals surface area contributed by atoms with Crippen LogP contribution in [0.15, 0.2) is 77.4 Å². The monoisotopic (exact) mass is 361 g/mol. The molecule has 1 amide bonds. The van der Waals surface area contributed by atoms with Gasteiger partial charge in [-0.3, -0.25) is 4.79 Å². The zero-order valence-electron chi connectivity index (χ0n) is 15.2. The summed E-state index contributed by atoms with van der Waals surface area (Å²) in [7, 11) is 0. The average Bonchev–Trinajstić information content (AvgIpc) is 3.42. The van der Waals surface area contributed by atoms with Crippen LogP contribution in [0.1, 0.15) is 24.2 Å². The molecule has 27 heavy (non-hydrogen) atoms. The van der Waals surface area contributed by atoms with Crippen molar-refractivity contribution in [3.8, 4) is 11.1 Å². The van der Waals surface area contributed by atoms with E-state index >= 15 is 0 Å². The highest BCUT2D eigenvalue weighted by Crippen LogP contribution is 2.22. The molecular formula is C23H23NO3. The molecule has 3 aromatic rings. The van der Waals surface area contributed by atoms with Gasteiger partial charge in [0.1, 0.15) is 11.9 Å². The van der Waals surface area contributed by atoms with Gasteiger partial charge in [-0.05, 0) is 41.7 Å². The van der Waals surface area contributed by atoms with Gasteiger partial charge < -0.3 is 14.1 Å². The lowest BCUT2D eigenvalue weighted by atomic mass is 10.0. The molecule has 4 rings (SSSR count). The Morgan fingerprint density at radius 3 is 2.37 bits per heavy atom. The van der Waals surface area contributed by atoms with Crippen molar-refractivity contribution >= 4 is 5.91 Å². The minimum absolute atomic E-state index is 0.0380. The second-order valence-electron chi connectivity index (χ2n) is 6.84. The van der Waals surface area contributed by atoms with Crippen molar-refractivity contribution in [3.63, 3.8) is 0 Å². The number of hydrogen-bond donors (Lipinski definition) is 0. The van der Waals surface area contributed by atoms with E-state index in [1.807, 2.05) is 35.2 Å². The third-order valence-corrected chi connectivity index (χ3v) is 4.88. The van der Waals surface area contributed by atoms with Crippen LogP contribution in [-0.2, 0) is 22.6 Å². The lowest BCUT2D eigenvalue weighted by molar-refractivity contribution is -0.142. The molecule has 1 unspecified atom stereocenters. The topological polar surface area (TPSA) is 42.7 Å². The fraction of sp³-hybridized carbons (Fsp3) is 0.261. The fourth-order valence-corrected chi connectivity index (χ4v) is 3.43. The number of ether oxygens (including phenoxy) is 1. The molecule has 1 aromatic heterocycles. The number of carbonyl (C=O) groups excluding carboxylic acids is 1. The zero-order valence-corrected chi connectivity index (χ0v) is 15.2. The minimum Gasteiger partial charge on any atom is -0.467 e. The van der Waals surface area contributed by atoms with Crippen molar-refractivity contribution in [1.82, 2.24) is 4.90 Å². The van der Waals surface area contributed by atoms with Crippen molar-refractivity contribution in [2.24, 2.45) is 0 Å². The van der Waals surface area contributed by atoms with E-state index in [0.29, 0.717) is 19.7 Å². The Morgan fingerprint density at radius 2 is 1.70 bits per heavy atom. The highest BCUT2D eigenvalue weighted by atomic mass is 16.5. The SMILES string of the molecule is O=C(C1CCCO1)N(Cc1ccc(-c2ccccc2)cc1)Cc1ccco1. The molecule has 0 saturated carbocycles. The maximum Gasteiger partial charge on any atom is 0.252 e. The summed E-state index contributed by atoms with van der Waals surface area (Å²) in [5, 5.41) is 0. The van der Waals surface area contributed by atoms with E-state index in [9.17, 15) is 4.79 Å².